The monoisotopic (exact) mass is 632 g/mol. The van der Waals surface area contributed by atoms with Gasteiger partial charge in [0.05, 0.1) is 33.6 Å². The molecule has 1 heterocycles. The molecule has 44 heavy (non-hydrogen) atoms. The first-order valence-corrected chi connectivity index (χ1v) is 14.3. The van der Waals surface area contributed by atoms with Crippen LogP contribution in [0.2, 0.25) is 0 Å². The first-order chi connectivity index (χ1) is 20.8. The van der Waals surface area contributed by atoms with Crippen LogP contribution in [-0.4, -0.2) is 44.0 Å². The number of amides is 1. The molecule has 4 aromatic rings. The highest BCUT2D eigenvalue weighted by Gasteiger charge is 2.64. The number of aromatic nitrogens is 1. The standard InChI is InChI=1S/C32H32F4N2O5S/c1-30(2,24-15-21(33)11-14-26(24)41-4)19-31(32(34,35)36,43-17-20-9-7-6-8-10-20)28(39)38-29-37-25(18-44-29)23-13-12-22(40-3)16-27(23)42-5/h6-16,18H,17,19H2,1-5H3,(H,37,38,39). The number of alkyl halides is 3. The van der Waals surface area contributed by atoms with Crippen molar-refractivity contribution >= 4 is 22.4 Å². The fraction of sp³-hybridized carbons (Fsp3) is 0.312. The molecule has 12 heteroatoms. The number of carbonyl (C=O) groups excluding carboxylic acids is 1. The molecule has 234 valence electrons. The Labute approximate surface area is 256 Å². The van der Waals surface area contributed by atoms with Crippen LogP contribution in [0.25, 0.3) is 11.3 Å². The lowest BCUT2D eigenvalue weighted by Gasteiger charge is -2.40. The van der Waals surface area contributed by atoms with E-state index in [9.17, 15) is 9.18 Å². The average Bonchev–Trinajstić information content (AvgIpc) is 3.46. The van der Waals surface area contributed by atoms with Crippen molar-refractivity contribution in [3.05, 3.63) is 89.1 Å². The van der Waals surface area contributed by atoms with Gasteiger partial charge in [-0.3, -0.25) is 10.1 Å². The Balaban J connectivity index is 1.74. The van der Waals surface area contributed by atoms with E-state index in [1.54, 1.807) is 53.9 Å². The summed E-state index contributed by atoms with van der Waals surface area (Å²) >= 11 is 0.943. The zero-order valence-electron chi connectivity index (χ0n) is 24.8. The number of ether oxygens (including phenoxy) is 4. The molecular weight excluding hydrogens is 600 g/mol. The van der Waals surface area contributed by atoms with Gasteiger partial charge in [-0.25, -0.2) is 9.37 Å². The zero-order chi connectivity index (χ0) is 32.1. The summed E-state index contributed by atoms with van der Waals surface area (Å²) in [4.78, 5) is 18.2. The maximum Gasteiger partial charge on any atom is 0.426 e. The minimum Gasteiger partial charge on any atom is -0.497 e. The Hall–Kier alpha value is -4.16. The van der Waals surface area contributed by atoms with Crippen molar-refractivity contribution in [3.8, 4) is 28.5 Å². The van der Waals surface area contributed by atoms with Crippen LogP contribution in [0, 0.1) is 5.82 Å². The van der Waals surface area contributed by atoms with Crippen LogP contribution in [0.3, 0.4) is 0 Å². The van der Waals surface area contributed by atoms with Gasteiger partial charge >= 0.3 is 6.18 Å². The molecule has 0 fully saturated rings. The Morgan fingerprint density at radius 3 is 2.25 bits per heavy atom. The van der Waals surface area contributed by atoms with E-state index in [1.165, 1.54) is 41.2 Å². The second-order valence-corrected chi connectivity index (χ2v) is 11.4. The minimum absolute atomic E-state index is 0.0825. The number of benzene rings is 3. The molecule has 0 aliphatic carbocycles. The number of anilines is 1. The number of rotatable bonds is 12. The molecule has 0 aliphatic heterocycles. The number of hydrogen-bond acceptors (Lipinski definition) is 7. The zero-order valence-corrected chi connectivity index (χ0v) is 25.6. The van der Waals surface area contributed by atoms with Crippen molar-refractivity contribution in [1.29, 1.82) is 0 Å². The predicted molar refractivity (Wildman–Crippen MR) is 160 cm³/mol. The van der Waals surface area contributed by atoms with Crippen LogP contribution in [0.5, 0.6) is 17.2 Å². The summed E-state index contributed by atoms with van der Waals surface area (Å²) in [6.07, 6.45) is -6.09. The number of thiazole rings is 1. The number of nitrogens with zero attached hydrogens (tertiary/aromatic N) is 1. The van der Waals surface area contributed by atoms with Gasteiger partial charge in [-0.1, -0.05) is 44.2 Å². The van der Waals surface area contributed by atoms with Gasteiger partial charge in [0.2, 0.25) is 5.60 Å². The molecule has 1 N–H and O–H groups in total. The summed E-state index contributed by atoms with van der Waals surface area (Å²) in [6, 6.07) is 16.8. The van der Waals surface area contributed by atoms with Gasteiger partial charge in [0, 0.05) is 29.0 Å². The summed E-state index contributed by atoms with van der Waals surface area (Å²) in [6.45, 7) is 2.43. The van der Waals surface area contributed by atoms with E-state index >= 15 is 13.2 Å². The molecule has 1 aromatic heterocycles. The predicted octanol–water partition coefficient (Wildman–Crippen LogP) is 7.80. The second kappa shape index (κ2) is 13.2. The van der Waals surface area contributed by atoms with Crippen molar-refractivity contribution in [2.75, 3.05) is 26.6 Å². The molecule has 4 rings (SSSR count). The van der Waals surface area contributed by atoms with Gasteiger partial charge in [0.25, 0.3) is 5.91 Å². The molecule has 0 saturated carbocycles. The minimum atomic E-state index is -5.19. The number of nitrogens with one attached hydrogen (secondary N) is 1. The molecule has 0 radical (unpaired) electrons. The molecular formula is C32H32F4N2O5S. The Bertz CT molecular complexity index is 1590. The van der Waals surface area contributed by atoms with Crippen LogP contribution >= 0.6 is 11.3 Å². The van der Waals surface area contributed by atoms with E-state index in [1.807, 2.05) is 0 Å². The summed E-state index contributed by atoms with van der Waals surface area (Å²) in [5, 5.41) is 3.84. The van der Waals surface area contributed by atoms with E-state index < -0.39 is 41.9 Å². The molecule has 0 spiro atoms. The normalized spacial score (nSPS) is 13.2. The van der Waals surface area contributed by atoms with Gasteiger partial charge in [-0.2, -0.15) is 13.2 Å². The first-order valence-electron chi connectivity index (χ1n) is 13.4. The third-order valence-electron chi connectivity index (χ3n) is 7.14. The Kier molecular flexibility index (Phi) is 9.85. The smallest absolute Gasteiger partial charge is 0.426 e. The molecule has 7 nitrogen and oxygen atoms in total. The van der Waals surface area contributed by atoms with Crippen LogP contribution in [0.1, 0.15) is 31.4 Å². The third kappa shape index (κ3) is 6.97. The Morgan fingerprint density at radius 2 is 1.61 bits per heavy atom. The number of halogens is 4. The number of carbonyl (C=O) groups is 1. The van der Waals surface area contributed by atoms with Crippen molar-refractivity contribution in [3.63, 3.8) is 0 Å². The van der Waals surface area contributed by atoms with E-state index in [0.717, 1.165) is 23.5 Å². The van der Waals surface area contributed by atoms with Crippen molar-refractivity contribution in [2.45, 2.75) is 44.1 Å². The van der Waals surface area contributed by atoms with E-state index in [-0.39, 0.29) is 16.4 Å². The maximum absolute atomic E-state index is 15.2. The molecule has 0 aliphatic rings. The summed E-state index contributed by atoms with van der Waals surface area (Å²) in [5.41, 5.74) is -3.33. The van der Waals surface area contributed by atoms with Crippen molar-refractivity contribution in [2.24, 2.45) is 0 Å². The van der Waals surface area contributed by atoms with Crippen LogP contribution in [-0.2, 0) is 21.6 Å². The quantitative estimate of drug-likeness (QED) is 0.161. The summed E-state index contributed by atoms with van der Waals surface area (Å²) in [7, 11) is 4.30. The second-order valence-electron chi connectivity index (χ2n) is 10.6. The van der Waals surface area contributed by atoms with Crippen LogP contribution in [0.15, 0.2) is 72.1 Å². The van der Waals surface area contributed by atoms with Crippen LogP contribution in [0.4, 0.5) is 22.7 Å². The number of hydrogen-bond donors (Lipinski definition) is 1. The maximum atomic E-state index is 15.2. The largest absolute Gasteiger partial charge is 0.497 e. The molecule has 1 atom stereocenters. The molecule has 1 amide bonds. The lowest BCUT2D eigenvalue weighted by atomic mass is 9.74. The highest BCUT2D eigenvalue weighted by Crippen LogP contribution is 2.47. The summed E-state index contributed by atoms with van der Waals surface area (Å²) < 4.78 is 81.6. The fourth-order valence-corrected chi connectivity index (χ4v) is 5.58. The van der Waals surface area contributed by atoms with Gasteiger partial charge in [0.1, 0.15) is 23.1 Å². The molecule has 1 unspecified atom stereocenters. The van der Waals surface area contributed by atoms with Crippen molar-refractivity contribution < 1.29 is 41.3 Å². The van der Waals surface area contributed by atoms with E-state index in [0.29, 0.717) is 28.3 Å². The van der Waals surface area contributed by atoms with Crippen LogP contribution < -0.4 is 19.5 Å². The number of methoxy groups -OCH3 is 3. The van der Waals surface area contributed by atoms with Gasteiger partial charge in [-0.05, 0) is 41.3 Å². The molecule has 0 bridgehead atoms. The van der Waals surface area contributed by atoms with Gasteiger partial charge in [-0.15, -0.1) is 11.3 Å². The third-order valence-corrected chi connectivity index (χ3v) is 7.90. The lowest BCUT2D eigenvalue weighted by molar-refractivity contribution is -0.274. The molecule has 3 aromatic carbocycles. The highest BCUT2D eigenvalue weighted by molar-refractivity contribution is 7.14. The first kappa shape index (κ1) is 32.7. The lowest BCUT2D eigenvalue weighted by Crippen LogP contribution is -2.59. The van der Waals surface area contributed by atoms with Gasteiger partial charge in [0.15, 0.2) is 5.13 Å². The molecule has 0 saturated heterocycles. The SMILES string of the molecule is COc1ccc(-c2csc(NC(=O)C(CC(C)(C)c3cc(F)ccc3OC)(OCc3ccccc3)C(F)(F)F)n2)c(OC)c1. The topological polar surface area (TPSA) is 78.9 Å². The van der Waals surface area contributed by atoms with Gasteiger partial charge < -0.3 is 18.9 Å². The van der Waals surface area contributed by atoms with Crippen molar-refractivity contribution in [1.82, 2.24) is 4.98 Å². The average molecular weight is 633 g/mol. The Morgan fingerprint density at radius 1 is 0.909 bits per heavy atom. The van der Waals surface area contributed by atoms with E-state index in [4.69, 9.17) is 18.9 Å². The summed E-state index contributed by atoms with van der Waals surface area (Å²) in [5.74, 6) is -0.988. The fourth-order valence-electron chi connectivity index (χ4n) is 4.88. The van der Waals surface area contributed by atoms with E-state index in [2.05, 4.69) is 10.3 Å². The highest BCUT2D eigenvalue weighted by atomic mass is 32.1.